The number of hydrazone groups is 1. The highest BCUT2D eigenvalue weighted by Gasteiger charge is 2.24. The van der Waals surface area contributed by atoms with Crippen molar-refractivity contribution in [1.29, 1.82) is 0 Å². The Bertz CT molecular complexity index is 1210. The summed E-state index contributed by atoms with van der Waals surface area (Å²) in [7, 11) is 0. The van der Waals surface area contributed by atoms with Gasteiger partial charge in [-0.2, -0.15) is 5.10 Å². The van der Waals surface area contributed by atoms with Crippen molar-refractivity contribution >= 4 is 51.3 Å². The Morgan fingerprint density at radius 1 is 1.22 bits per heavy atom. The fourth-order valence-electron chi connectivity index (χ4n) is 3.19. The number of anilines is 2. The smallest absolute Gasteiger partial charge is 0.338 e. The van der Waals surface area contributed by atoms with Crippen molar-refractivity contribution < 1.29 is 13.6 Å². The summed E-state index contributed by atoms with van der Waals surface area (Å²) in [6.07, 6.45) is 3.20. The number of hydrogen-bond acceptors (Lipinski definition) is 5. The second-order valence-corrected chi connectivity index (χ2v) is 8.24. The molecule has 0 atom stereocenters. The molecule has 2 heterocycles. The van der Waals surface area contributed by atoms with E-state index in [2.05, 4.69) is 41.7 Å². The molecule has 11 heteroatoms. The van der Waals surface area contributed by atoms with E-state index in [1.54, 1.807) is 4.90 Å². The fraction of sp³-hybridized carbons (Fsp3) is 0.143. The van der Waals surface area contributed by atoms with Crippen molar-refractivity contribution in [3.8, 4) is 0 Å². The number of hydrogen-bond donors (Lipinski definition) is 2. The fourth-order valence-corrected chi connectivity index (χ4v) is 3.79. The lowest BCUT2D eigenvalue weighted by Gasteiger charge is -2.28. The number of benzene rings is 2. The van der Waals surface area contributed by atoms with Crippen LogP contribution in [0.2, 0.25) is 5.02 Å². The van der Waals surface area contributed by atoms with Crippen LogP contribution in [0.25, 0.3) is 0 Å². The lowest BCUT2D eigenvalue weighted by Crippen LogP contribution is -2.41. The molecule has 2 N–H and O–H groups in total. The van der Waals surface area contributed by atoms with Gasteiger partial charge in [-0.25, -0.2) is 29.0 Å². The van der Waals surface area contributed by atoms with Crippen molar-refractivity contribution in [2.45, 2.75) is 13.0 Å². The predicted molar refractivity (Wildman–Crippen MR) is 121 cm³/mol. The number of nitrogens with one attached hydrogen (secondary N) is 2. The minimum atomic E-state index is -1.06. The molecule has 0 radical (unpaired) electrons. The Morgan fingerprint density at radius 3 is 2.84 bits per heavy atom. The molecule has 0 unspecified atom stereocenters. The zero-order chi connectivity index (χ0) is 22.7. The summed E-state index contributed by atoms with van der Waals surface area (Å²) in [5, 5.41) is 7.06. The Labute approximate surface area is 195 Å². The Morgan fingerprint density at radius 2 is 2.03 bits per heavy atom. The third kappa shape index (κ3) is 5.03. The molecule has 0 aliphatic carbocycles. The zero-order valence-corrected chi connectivity index (χ0v) is 18.8. The van der Waals surface area contributed by atoms with Crippen molar-refractivity contribution in [3.05, 3.63) is 80.7 Å². The van der Waals surface area contributed by atoms with E-state index in [1.165, 1.54) is 6.33 Å². The SMILES string of the molecule is O=C(N/N=C/c1cc(F)c(F)cc1Cl)N1CCc2ncnc(Nc3cccc(Br)c3)c2C1. The van der Waals surface area contributed by atoms with Crippen LogP contribution in [0.1, 0.15) is 16.8 Å². The molecule has 0 saturated carbocycles. The largest absolute Gasteiger partial charge is 0.340 e. The predicted octanol–water partition coefficient (Wildman–Crippen LogP) is 5.02. The average Bonchev–Trinajstić information content (AvgIpc) is 2.77. The molecule has 1 aliphatic rings. The summed E-state index contributed by atoms with van der Waals surface area (Å²) in [6.45, 7) is 0.716. The van der Waals surface area contributed by atoms with E-state index in [1.807, 2.05) is 24.3 Å². The van der Waals surface area contributed by atoms with Crippen LogP contribution in [0.4, 0.5) is 25.1 Å². The van der Waals surface area contributed by atoms with Gasteiger partial charge >= 0.3 is 6.03 Å². The molecule has 1 aromatic heterocycles. The molecule has 164 valence electrons. The van der Waals surface area contributed by atoms with Crippen molar-refractivity contribution in [1.82, 2.24) is 20.3 Å². The van der Waals surface area contributed by atoms with Gasteiger partial charge in [0.2, 0.25) is 0 Å². The molecule has 2 aromatic carbocycles. The highest BCUT2D eigenvalue weighted by Crippen LogP contribution is 2.27. The van der Waals surface area contributed by atoms with E-state index in [-0.39, 0.29) is 17.1 Å². The van der Waals surface area contributed by atoms with Crippen molar-refractivity contribution in [2.75, 3.05) is 11.9 Å². The molecule has 4 rings (SSSR count). The third-order valence-electron chi connectivity index (χ3n) is 4.78. The molecule has 0 fully saturated rings. The van der Waals surface area contributed by atoms with E-state index >= 15 is 0 Å². The molecule has 0 spiro atoms. The molecular formula is C21H16BrClF2N6O. The van der Waals surface area contributed by atoms with Gasteiger partial charge in [-0.05, 0) is 30.3 Å². The summed E-state index contributed by atoms with van der Waals surface area (Å²) in [4.78, 5) is 22.8. The Kier molecular flexibility index (Phi) is 6.61. The maximum atomic E-state index is 13.4. The van der Waals surface area contributed by atoms with E-state index in [9.17, 15) is 13.6 Å². The topological polar surface area (TPSA) is 82.5 Å². The van der Waals surface area contributed by atoms with E-state index in [4.69, 9.17) is 11.6 Å². The first-order valence-electron chi connectivity index (χ1n) is 9.48. The maximum Gasteiger partial charge on any atom is 0.338 e. The lowest BCUT2D eigenvalue weighted by molar-refractivity contribution is 0.192. The van der Waals surface area contributed by atoms with Gasteiger partial charge in [-0.3, -0.25) is 0 Å². The summed E-state index contributed by atoms with van der Waals surface area (Å²) >= 11 is 9.31. The summed E-state index contributed by atoms with van der Waals surface area (Å²) in [5.74, 6) is -1.50. The number of amides is 2. The Balaban J connectivity index is 1.45. The van der Waals surface area contributed by atoms with Crippen molar-refractivity contribution in [3.63, 3.8) is 0 Å². The van der Waals surface area contributed by atoms with E-state index in [0.717, 1.165) is 39.8 Å². The van der Waals surface area contributed by atoms with Crippen LogP contribution >= 0.6 is 27.5 Å². The van der Waals surface area contributed by atoms with Crippen LogP contribution in [-0.2, 0) is 13.0 Å². The maximum absolute atomic E-state index is 13.4. The second-order valence-electron chi connectivity index (χ2n) is 6.92. The van der Waals surface area contributed by atoms with Crippen LogP contribution in [0, 0.1) is 11.6 Å². The summed E-state index contributed by atoms with van der Waals surface area (Å²) in [6, 6.07) is 8.94. The minimum Gasteiger partial charge on any atom is -0.340 e. The second kappa shape index (κ2) is 9.58. The molecule has 0 bridgehead atoms. The van der Waals surface area contributed by atoms with Gasteiger partial charge in [0.15, 0.2) is 11.6 Å². The third-order valence-corrected chi connectivity index (χ3v) is 5.60. The van der Waals surface area contributed by atoms with Gasteiger partial charge in [0.1, 0.15) is 12.1 Å². The number of fused-ring (bicyclic) bond motifs is 1. The monoisotopic (exact) mass is 520 g/mol. The number of rotatable bonds is 4. The van der Waals surface area contributed by atoms with Gasteiger partial charge in [-0.1, -0.05) is 33.6 Å². The van der Waals surface area contributed by atoms with Crippen LogP contribution in [-0.4, -0.2) is 33.7 Å². The lowest BCUT2D eigenvalue weighted by atomic mass is 10.1. The zero-order valence-electron chi connectivity index (χ0n) is 16.4. The first-order chi connectivity index (χ1) is 15.4. The van der Waals surface area contributed by atoms with Crippen molar-refractivity contribution in [2.24, 2.45) is 5.10 Å². The molecule has 2 amide bonds. The van der Waals surface area contributed by atoms with Gasteiger partial charge in [-0.15, -0.1) is 0 Å². The highest BCUT2D eigenvalue weighted by molar-refractivity contribution is 9.10. The molecule has 3 aromatic rings. The number of nitrogens with zero attached hydrogens (tertiary/aromatic N) is 4. The number of carbonyl (C=O) groups is 1. The van der Waals surface area contributed by atoms with Gasteiger partial charge < -0.3 is 10.2 Å². The van der Waals surface area contributed by atoms with Crippen LogP contribution in [0.15, 0.2) is 52.3 Å². The van der Waals surface area contributed by atoms with Gasteiger partial charge in [0, 0.05) is 34.3 Å². The van der Waals surface area contributed by atoms with Crippen LogP contribution < -0.4 is 10.7 Å². The molecule has 1 aliphatic heterocycles. The summed E-state index contributed by atoms with van der Waals surface area (Å²) in [5.41, 5.74) is 5.04. The number of aromatic nitrogens is 2. The molecule has 7 nitrogen and oxygen atoms in total. The standard InChI is InChI=1S/C21H16BrClF2N6O/c22-13-2-1-3-14(7-13)29-20-15-10-31(5-4-19(15)26-11-27-20)21(32)30-28-9-12-6-17(24)18(25)8-16(12)23/h1-3,6-9,11H,4-5,10H2,(H,30,32)(H,26,27,29)/b28-9+. The highest BCUT2D eigenvalue weighted by atomic mass is 79.9. The first kappa shape index (κ1) is 22.1. The van der Waals surface area contributed by atoms with Crippen LogP contribution in [0.5, 0.6) is 0 Å². The number of carbonyl (C=O) groups excluding carboxylic acids is 1. The normalized spacial score (nSPS) is 13.2. The number of urea groups is 1. The quantitative estimate of drug-likeness (QED) is 0.287. The van der Waals surface area contributed by atoms with E-state index < -0.39 is 17.7 Å². The minimum absolute atomic E-state index is 0.0192. The summed E-state index contributed by atoms with van der Waals surface area (Å²) < 4.78 is 27.5. The Hall–Kier alpha value is -3.11. The number of halogens is 4. The first-order valence-corrected chi connectivity index (χ1v) is 10.7. The average molecular weight is 522 g/mol. The molecule has 32 heavy (non-hydrogen) atoms. The molecular weight excluding hydrogens is 506 g/mol. The van der Waals surface area contributed by atoms with Gasteiger partial charge in [0.05, 0.1) is 23.5 Å². The van der Waals surface area contributed by atoms with Crippen LogP contribution in [0.3, 0.4) is 0 Å². The van der Waals surface area contributed by atoms with E-state index in [0.29, 0.717) is 18.8 Å². The van der Waals surface area contributed by atoms with Gasteiger partial charge in [0.25, 0.3) is 0 Å². The molecule has 0 saturated heterocycles.